The van der Waals surface area contributed by atoms with E-state index in [4.69, 9.17) is 9.47 Å². The molecular weight excluding hydrogens is 286 g/mol. The van der Waals surface area contributed by atoms with Gasteiger partial charge in [-0.3, -0.25) is 10.1 Å². The van der Waals surface area contributed by atoms with E-state index >= 15 is 0 Å². The maximum absolute atomic E-state index is 11.8. The smallest absolute Gasteiger partial charge is 0.320 e. The lowest BCUT2D eigenvalue weighted by atomic mass is 10.4. The second-order valence-corrected chi connectivity index (χ2v) is 4.33. The van der Waals surface area contributed by atoms with Crippen molar-refractivity contribution in [3.05, 3.63) is 5.69 Å². The van der Waals surface area contributed by atoms with Crippen molar-refractivity contribution in [2.45, 2.75) is 0 Å². The molecule has 0 aromatic carbocycles. The number of carbonyl (C=O) groups is 2. The van der Waals surface area contributed by atoms with Crippen molar-refractivity contribution >= 4 is 28.5 Å². The van der Waals surface area contributed by atoms with E-state index in [1.807, 2.05) is 0 Å². The molecule has 0 aliphatic carbocycles. The van der Waals surface area contributed by atoms with Gasteiger partial charge in [-0.1, -0.05) is 4.49 Å². The number of nitrogens with zero attached hydrogens (tertiary/aromatic N) is 2. The predicted molar refractivity (Wildman–Crippen MR) is 73.0 cm³/mol. The summed E-state index contributed by atoms with van der Waals surface area (Å²) in [5.41, 5.74) is 0.0768. The SMILES string of the molecule is COCCNC(=O)Nc1snnc1C(=O)NCCOC. The van der Waals surface area contributed by atoms with Gasteiger partial charge >= 0.3 is 6.03 Å². The summed E-state index contributed by atoms with van der Waals surface area (Å²) in [4.78, 5) is 23.3. The molecule has 1 rings (SSSR count). The molecule has 0 saturated carbocycles. The van der Waals surface area contributed by atoms with Gasteiger partial charge in [-0.05, 0) is 0 Å². The average molecular weight is 303 g/mol. The second kappa shape index (κ2) is 9.18. The van der Waals surface area contributed by atoms with Gasteiger partial charge in [-0.25, -0.2) is 4.79 Å². The molecule has 1 aromatic heterocycles. The van der Waals surface area contributed by atoms with Crippen LogP contribution in [0.3, 0.4) is 0 Å². The Hall–Kier alpha value is -1.78. The summed E-state index contributed by atoms with van der Waals surface area (Å²) < 4.78 is 13.3. The molecular formula is C10H17N5O4S. The maximum atomic E-state index is 11.8. The fourth-order valence-electron chi connectivity index (χ4n) is 1.19. The van der Waals surface area contributed by atoms with Crippen LogP contribution in [0.1, 0.15) is 10.5 Å². The predicted octanol–water partition coefficient (Wildman–Crippen LogP) is -0.318. The van der Waals surface area contributed by atoms with Crippen molar-refractivity contribution in [2.24, 2.45) is 0 Å². The van der Waals surface area contributed by atoms with Gasteiger partial charge in [-0.2, -0.15) is 0 Å². The number of carbonyl (C=O) groups excluding carboxylic acids is 2. The second-order valence-electron chi connectivity index (χ2n) is 3.57. The summed E-state index contributed by atoms with van der Waals surface area (Å²) >= 11 is 0.928. The Morgan fingerprint density at radius 3 is 2.45 bits per heavy atom. The first-order valence-electron chi connectivity index (χ1n) is 5.82. The summed E-state index contributed by atoms with van der Waals surface area (Å²) in [6, 6.07) is -0.445. The third kappa shape index (κ3) is 5.47. The number of urea groups is 1. The van der Waals surface area contributed by atoms with Gasteiger partial charge in [0, 0.05) is 38.8 Å². The van der Waals surface area contributed by atoms with Crippen LogP contribution in [-0.2, 0) is 9.47 Å². The Labute approximate surface area is 120 Å². The van der Waals surface area contributed by atoms with E-state index in [0.717, 1.165) is 11.5 Å². The number of anilines is 1. The van der Waals surface area contributed by atoms with Gasteiger partial charge in [-0.15, -0.1) is 5.10 Å². The Morgan fingerprint density at radius 2 is 1.80 bits per heavy atom. The highest BCUT2D eigenvalue weighted by molar-refractivity contribution is 7.10. The summed E-state index contributed by atoms with van der Waals surface area (Å²) in [5, 5.41) is 11.7. The largest absolute Gasteiger partial charge is 0.383 e. The molecule has 20 heavy (non-hydrogen) atoms. The van der Waals surface area contributed by atoms with Gasteiger partial charge in [0.15, 0.2) is 10.7 Å². The number of hydrogen-bond donors (Lipinski definition) is 3. The zero-order valence-electron chi connectivity index (χ0n) is 11.3. The van der Waals surface area contributed by atoms with Crippen LogP contribution in [0.15, 0.2) is 0 Å². The zero-order chi connectivity index (χ0) is 14.8. The van der Waals surface area contributed by atoms with E-state index in [1.54, 1.807) is 0 Å². The number of amides is 3. The van der Waals surface area contributed by atoms with E-state index in [2.05, 4.69) is 25.5 Å². The molecule has 0 aliphatic rings. The Balaban J connectivity index is 2.49. The van der Waals surface area contributed by atoms with Crippen molar-refractivity contribution in [1.29, 1.82) is 0 Å². The van der Waals surface area contributed by atoms with Crippen LogP contribution in [0.4, 0.5) is 9.80 Å². The molecule has 0 atom stereocenters. The fraction of sp³-hybridized carbons (Fsp3) is 0.600. The van der Waals surface area contributed by atoms with Crippen LogP contribution >= 0.6 is 11.5 Å². The van der Waals surface area contributed by atoms with Gasteiger partial charge in [0.05, 0.1) is 13.2 Å². The Morgan fingerprint density at radius 1 is 1.15 bits per heavy atom. The molecule has 3 N–H and O–H groups in total. The minimum Gasteiger partial charge on any atom is -0.383 e. The maximum Gasteiger partial charge on any atom is 0.320 e. The fourth-order valence-corrected chi connectivity index (χ4v) is 1.75. The van der Waals surface area contributed by atoms with Crippen LogP contribution in [0.25, 0.3) is 0 Å². The highest BCUT2D eigenvalue weighted by Gasteiger charge is 2.17. The van der Waals surface area contributed by atoms with Gasteiger partial charge in [0.1, 0.15) is 0 Å². The first-order valence-corrected chi connectivity index (χ1v) is 6.59. The van der Waals surface area contributed by atoms with Crippen LogP contribution in [-0.4, -0.2) is 62.0 Å². The van der Waals surface area contributed by atoms with Crippen molar-refractivity contribution in [3.63, 3.8) is 0 Å². The Kier molecular flexibility index (Phi) is 7.47. The first-order chi connectivity index (χ1) is 9.69. The zero-order valence-corrected chi connectivity index (χ0v) is 12.1. The van der Waals surface area contributed by atoms with Crippen molar-refractivity contribution in [2.75, 3.05) is 45.8 Å². The molecule has 0 radical (unpaired) electrons. The normalized spacial score (nSPS) is 10.1. The van der Waals surface area contributed by atoms with E-state index in [9.17, 15) is 9.59 Å². The standard InChI is InChI=1S/C10H17N5O4S/c1-18-5-3-11-8(16)7-9(20-15-14-7)13-10(17)12-4-6-19-2/h3-6H2,1-2H3,(H,11,16)(H2,12,13,17). The van der Waals surface area contributed by atoms with Gasteiger partial charge in [0.2, 0.25) is 0 Å². The molecule has 0 saturated heterocycles. The quantitative estimate of drug-likeness (QED) is 0.567. The molecule has 0 bridgehead atoms. The first kappa shape index (κ1) is 16.3. The molecule has 1 heterocycles. The number of hydrogen-bond acceptors (Lipinski definition) is 7. The molecule has 10 heteroatoms. The minimum absolute atomic E-state index is 0.0768. The lowest BCUT2D eigenvalue weighted by Crippen LogP contribution is -2.32. The topological polar surface area (TPSA) is 114 Å². The van der Waals surface area contributed by atoms with E-state index in [1.165, 1.54) is 14.2 Å². The van der Waals surface area contributed by atoms with Crippen LogP contribution < -0.4 is 16.0 Å². The summed E-state index contributed by atoms with van der Waals surface area (Å²) in [6.07, 6.45) is 0. The van der Waals surface area contributed by atoms with Crippen molar-refractivity contribution < 1.29 is 19.1 Å². The number of nitrogens with one attached hydrogen (secondary N) is 3. The Bertz CT molecular complexity index is 439. The summed E-state index contributed by atoms with van der Waals surface area (Å²) in [7, 11) is 3.07. The number of rotatable bonds is 8. The molecule has 0 unspecified atom stereocenters. The van der Waals surface area contributed by atoms with Gasteiger partial charge in [0.25, 0.3) is 5.91 Å². The monoisotopic (exact) mass is 303 g/mol. The molecule has 0 spiro atoms. The van der Waals surface area contributed by atoms with Crippen molar-refractivity contribution in [3.8, 4) is 0 Å². The lowest BCUT2D eigenvalue weighted by molar-refractivity contribution is 0.0933. The number of ether oxygens (including phenoxy) is 2. The third-order valence-corrected chi connectivity index (χ3v) is 2.75. The summed E-state index contributed by atoms with van der Waals surface area (Å²) in [6.45, 7) is 1.51. The molecule has 112 valence electrons. The van der Waals surface area contributed by atoms with Crippen LogP contribution in [0.2, 0.25) is 0 Å². The third-order valence-electron chi connectivity index (χ3n) is 2.11. The molecule has 1 aromatic rings. The lowest BCUT2D eigenvalue weighted by Gasteiger charge is -2.06. The molecule has 9 nitrogen and oxygen atoms in total. The van der Waals surface area contributed by atoms with Crippen LogP contribution in [0, 0.1) is 0 Å². The summed E-state index contributed by atoms with van der Waals surface area (Å²) in [5.74, 6) is -0.414. The average Bonchev–Trinajstić information content (AvgIpc) is 2.87. The van der Waals surface area contributed by atoms with Crippen molar-refractivity contribution in [1.82, 2.24) is 20.2 Å². The molecule has 0 aliphatic heterocycles. The van der Waals surface area contributed by atoms with E-state index in [-0.39, 0.29) is 10.7 Å². The highest BCUT2D eigenvalue weighted by Crippen LogP contribution is 2.17. The number of methoxy groups -OCH3 is 2. The van der Waals surface area contributed by atoms with E-state index in [0.29, 0.717) is 26.3 Å². The minimum atomic E-state index is -0.445. The van der Waals surface area contributed by atoms with Gasteiger partial charge < -0.3 is 20.1 Å². The highest BCUT2D eigenvalue weighted by atomic mass is 32.1. The van der Waals surface area contributed by atoms with Crippen LogP contribution in [0.5, 0.6) is 0 Å². The molecule has 3 amide bonds. The molecule has 0 fully saturated rings. The van der Waals surface area contributed by atoms with E-state index < -0.39 is 11.9 Å². The number of aromatic nitrogens is 2.